The average Bonchev–Trinajstić information content (AvgIpc) is 2.57. The third kappa shape index (κ3) is 3.76. The quantitative estimate of drug-likeness (QED) is 0.317. The van der Waals surface area contributed by atoms with E-state index in [1.807, 2.05) is 0 Å². The highest BCUT2D eigenvalue weighted by Crippen LogP contribution is 2.06. The first-order valence-corrected chi connectivity index (χ1v) is 4.46. The highest BCUT2D eigenvalue weighted by molar-refractivity contribution is 6.00. The van der Waals surface area contributed by atoms with E-state index in [-0.39, 0.29) is 24.3 Å². The van der Waals surface area contributed by atoms with Gasteiger partial charge in [-0.15, -0.1) is 17.5 Å². The number of rotatable bonds is 2. The van der Waals surface area contributed by atoms with Crippen LogP contribution in [0.3, 0.4) is 0 Å². The van der Waals surface area contributed by atoms with Crippen LogP contribution in [0.4, 0.5) is 0 Å². The molecule has 0 bridgehead atoms. The summed E-state index contributed by atoms with van der Waals surface area (Å²) in [6.07, 6.45) is 1.60. The number of nitrogens with zero attached hydrogens (tertiary/aromatic N) is 4. The molecule has 0 saturated heterocycles. The van der Waals surface area contributed by atoms with Crippen molar-refractivity contribution in [3.8, 4) is 0 Å². The highest BCUT2D eigenvalue weighted by Gasteiger charge is 2.08. The molecule has 0 radical (unpaired) electrons. The van der Waals surface area contributed by atoms with E-state index in [1.54, 1.807) is 20.0 Å². The fourth-order valence-corrected chi connectivity index (χ4v) is 1.13. The summed E-state index contributed by atoms with van der Waals surface area (Å²) in [6.45, 7) is 3.52. The molecule has 0 aliphatic carbocycles. The normalized spacial score (nSPS) is 10.6. The molecular formula is C8H15ClN8. The van der Waals surface area contributed by atoms with E-state index in [0.717, 1.165) is 5.56 Å². The first-order valence-electron chi connectivity index (χ1n) is 4.46. The van der Waals surface area contributed by atoms with Gasteiger partial charge >= 0.3 is 0 Å². The van der Waals surface area contributed by atoms with E-state index >= 15 is 0 Å². The molecule has 0 aliphatic rings. The molecule has 0 aliphatic heterocycles. The first-order chi connectivity index (χ1) is 7.41. The van der Waals surface area contributed by atoms with Crippen LogP contribution in [0.2, 0.25) is 0 Å². The monoisotopic (exact) mass is 258 g/mol. The Balaban J connectivity index is 0.00000256. The van der Waals surface area contributed by atoms with Crippen LogP contribution in [0, 0.1) is 12.3 Å². The van der Waals surface area contributed by atoms with Crippen molar-refractivity contribution in [1.82, 2.24) is 9.78 Å². The molecule has 8 nitrogen and oxygen atoms in total. The van der Waals surface area contributed by atoms with Gasteiger partial charge in [0.05, 0.1) is 11.4 Å². The fraction of sp³-hybridized carbons (Fsp3) is 0.250. The summed E-state index contributed by atoms with van der Waals surface area (Å²) in [5, 5.41) is 18.6. The van der Waals surface area contributed by atoms with Gasteiger partial charge in [-0.25, -0.2) is 4.68 Å². The van der Waals surface area contributed by atoms with Crippen molar-refractivity contribution in [2.45, 2.75) is 13.8 Å². The second-order valence-electron chi connectivity index (χ2n) is 3.17. The number of hydrogen-bond acceptors (Lipinski definition) is 4. The lowest BCUT2D eigenvalue weighted by Gasteiger charge is -1.94. The van der Waals surface area contributed by atoms with E-state index in [1.165, 1.54) is 4.68 Å². The average molecular weight is 259 g/mol. The maximum atomic E-state index is 7.23. The molecule has 0 fully saturated rings. The maximum Gasteiger partial charge on any atom is 0.213 e. The summed E-state index contributed by atoms with van der Waals surface area (Å²) in [5.41, 5.74) is 17.6. The third-order valence-electron chi connectivity index (χ3n) is 1.85. The van der Waals surface area contributed by atoms with Gasteiger partial charge in [-0.05, 0) is 13.8 Å². The molecule has 0 spiro atoms. The van der Waals surface area contributed by atoms with Crippen molar-refractivity contribution < 1.29 is 0 Å². The molecular weight excluding hydrogens is 244 g/mol. The number of hydrogen-bond donors (Lipinski definition) is 4. The zero-order valence-corrected chi connectivity index (χ0v) is 10.3. The second kappa shape index (κ2) is 5.85. The molecule has 0 aromatic carbocycles. The Morgan fingerprint density at radius 1 is 1.35 bits per heavy atom. The minimum absolute atomic E-state index is 0. The Bertz CT molecular complexity index is 468. The third-order valence-corrected chi connectivity index (χ3v) is 1.85. The number of nitrogen functional groups attached to an aromatic ring is 1. The van der Waals surface area contributed by atoms with Gasteiger partial charge in [0.2, 0.25) is 11.9 Å². The SMILES string of the molecule is C/C(=N/N=C(N)N)c1cn(C(=N)N)nc1C.Cl. The van der Waals surface area contributed by atoms with E-state index in [9.17, 15) is 0 Å². The summed E-state index contributed by atoms with van der Waals surface area (Å²) in [7, 11) is 0. The summed E-state index contributed by atoms with van der Waals surface area (Å²) in [5.74, 6) is -0.278. The Hall–Kier alpha value is -2.09. The molecule has 17 heavy (non-hydrogen) atoms. The molecule has 1 rings (SSSR count). The largest absolute Gasteiger partial charge is 0.369 e. The summed E-state index contributed by atoms with van der Waals surface area (Å²) < 4.78 is 1.25. The van der Waals surface area contributed by atoms with Crippen LogP contribution in [0.25, 0.3) is 0 Å². The molecule has 1 aromatic rings. The van der Waals surface area contributed by atoms with Crippen molar-refractivity contribution in [3.63, 3.8) is 0 Å². The number of halogens is 1. The molecule has 0 unspecified atom stereocenters. The first kappa shape index (κ1) is 14.9. The summed E-state index contributed by atoms with van der Waals surface area (Å²) in [6, 6.07) is 0. The van der Waals surface area contributed by atoms with Crippen LogP contribution in [0.5, 0.6) is 0 Å². The van der Waals surface area contributed by atoms with Gasteiger partial charge in [-0.3, -0.25) is 5.41 Å². The topological polar surface area (TPSA) is 144 Å². The number of nitrogens with one attached hydrogen (secondary N) is 1. The van der Waals surface area contributed by atoms with Gasteiger partial charge in [-0.2, -0.15) is 10.2 Å². The molecule has 7 N–H and O–H groups in total. The predicted molar refractivity (Wildman–Crippen MR) is 69.5 cm³/mol. The van der Waals surface area contributed by atoms with Crippen LogP contribution in [-0.4, -0.2) is 27.4 Å². The van der Waals surface area contributed by atoms with Gasteiger partial charge in [0, 0.05) is 11.8 Å². The van der Waals surface area contributed by atoms with Gasteiger partial charge in [0.25, 0.3) is 0 Å². The maximum absolute atomic E-state index is 7.23. The number of aromatic nitrogens is 2. The molecule has 1 heterocycles. The minimum Gasteiger partial charge on any atom is -0.369 e. The van der Waals surface area contributed by atoms with Crippen molar-refractivity contribution >= 4 is 30.0 Å². The minimum atomic E-state index is -0.163. The van der Waals surface area contributed by atoms with E-state index in [0.29, 0.717) is 11.4 Å². The van der Waals surface area contributed by atoms with Crippen molar-refractivity contribution in [2.75, 3.05) is 0 Å². The highest BCUT2D eigenvalue weighted by atomic mass is 35.5. The lowest BCUT2D eigenvalue weighted by Crippen LogP contribution is -2.22. The lowest BCUT2D eigenvalue weighted by atomic mass is 10.2. The van der Waals surface area contributed by atoms with Gasteiger partial charge in [0.15, 0.2) is 0 Å². The van der Waals surface area contributed by atoms with E-state index in [2.05, 4.69) is 15.3 Å². The predicted octanol–water partition coefficient (Wildman–Crippen LogP) is -0.648. The Morgan fingerprint density at radius 2 is 1.94 bits per heavy atom. The summed E-state index contributed by atoms with van der Waals surface area (Å²) in [4.78, 5) is 0. The van der Waals surface area contributed by atoms with Crippen molar-refractivity contribution in [1.29, 1.82) is 5.41 Å². The molecule has 1 aromatic heterocycles. The van der Waals surface area contributed by atoms with Gasteiger partial charge < -0.3 is 17.2 Å². The van der Waals surface area contributed by atoms with E-state index in [4.69, 9.17) is 22.6 Å². The fourth-order valence-electron chi connectivity index (χ4n) is 1.13. The number of nitrogens with two attached hydrogens (primary N) is 3. The molecule has 94 valence electrons. The smallest absolute Gasteiger partial charge is 0.213 e. The van der Waals surface area contributed by atoms with Crippen molar-refractivity contribution in [2.24, 2.45) is 27.4 Å². The lowest BCUT2D eigenvalue weighted by molar-refractivity contribution is 0.892. The zero-order chi connectivity index (χ0) is 12.3. The van der Waals surface area contributed by atoms with Crippen LogP contribution >= 0.6 is 12.4 Å². The molecule has 0 atom stereocenters. The van der Waals surface area contributed by atoms with Crippen molar-refractivity contribution in [3.05, 3.63) is 17.5 Å². The summed E-state index contributed by atoms with van der Waals surface area (Å²) >= 11 is 0. The van der Waals surface area contributed by atoms with Crippen LogP contribution in [0.15, 0.2) is 16.4 Å². The van der Waals surface area contributed by atoms with Crippen LogP contribution < -0.4 is 17.2 Å². The van der Waals surface area contributed by atoms with E-state index < -0.39 is 0 Å². The van der Waals surface area contributed by atoms with Gasteiger partial charge in [-0.1, -0.05) is 0 Å². The zero-order valence-electron chi connectivity index (χ0n) is 9.51. The van der Waals surface area contributed by atoms with Gasteiger partial charge in [0.1, 0.15) is 0 Å². The Morgan fingerprint density at radius 3 is 2.35 bits per heavy atom. The molecule has 0 amide bonds. The number of guanidine groups is 1. The molecule has 0 saturated carbocycles. The number of aryl methyl sites for hydroxylation is 1. The standard InChI is InChI=1S/C8H14N8.ClH/c1-4(13-14-7(9)10)6-3-16(8(11)12)15-5(6)2;/h3H,1-2H3,(H3,11,12)(H4,9,10,14);1H/b13-4-;. The Labute approximate surface area is 104 Å². The van der Waals surface area contributed by atoms with Crippen LogP contribution in [0.1, 0.15) is 18.2 Å². The Kier molecular flexibility index (Phi) is 5.13. The molecule has 9 heteroatoms. The second-order valence-corrected chi connectivity index (χ2v) is 3.17. The van der Waals surface area contributed by atoms with Crippen LogP contribution in [-0.2, 0) is 0 Å².